The van der Waals surface area contributed by atoms with Gasteiger partial charge in [0, 0.05) is 24.7 Å². The molecule has 0 radical (unpaired) electrons. The van der Waals surface area contributed by atoms with E-state index < -0.39 is 5.60 Å². The molecule has 5 nitrogen and oxygen atoms in total. The smallest absolute Gasteiger partial charge is 0.410 e. The van der Waals surface area contributed by atoms with Crippen molar-refractivity contribution in [2.45, 2.75) is 32.3 Å². The highest BCUT2D eigenvalue weighted by molar-refractivity contribution is 5.69. The number of hydrogen-bond acceptors (Lipinski definition) is 4. The van der Waals surface area contributed by atoms with Crippen molar-refractivity contribution in [2.24, 2.45) is 5.92 Å². The molecule has 2 atom stereocenters. The van der Waals surface area contributed by atoms with Crippen LogP contribution in [-0.4, -0.2) is 29.7 Å². The van der Waals surface area contributed by atoms with Crippen LogP contribution < -0.4 is 5.73 Å². The predicted octanol–water partition coefficient (Wildman–Crippen LogP) is 2.74. The number of ether oxygens (including phenoxy) is 1. The van der Waals surface area contributed by atoms with Crippen LogP contribution in [0.3, 0.4) is 0 Å². The zero-order valence-corrected chi connectivity index (χ0v) is 12.7. The minimum absolute atomic E-state index is 0.00289. The summed E-state index contributed by atoms with van der Waals surface area (Å²) in [5, 5.41) is 9.33. The molecule has 2 rings (SSSR count). The number of rotatable bonds is 1. The second-order valence-electron chi connectivity index (χ2n) is 6.39. The number of hydrogen-bond donors (Lipinski definition) is 1. The lowest BCUT2D eigenvalue weighted by Crippen LogP contribution is -2.35. The van der Waals surface area contributed by atoms with Crippen molar-refractivity contribution in [1.29, 1.82) is 5.26 Å². The molecule has 1 aliphatic rings. The molecule has 1 fully saturated rings. The maximum atomic E-state index is 12.1. The third kappa shape index (κ3) is 3.66. The molecule has 2 N–H and O–H groups in total. The minimum Gasteiger partial charge on any atom is -0.444 e. The summed E-state index contributed by atoms with van der Waals surface area (Å²) in [6.45, 7) is 6.40. The Bertz CT molecular complexity index is 554. The molecule has 0 unspecified atom stereocenters. The van der Waals surface area contributed by atoms with Gasteiger partial charge in [0.25, 0.3) is 0 Å². The molecular formula is C16H21N3O2. The number of carbonyl (C=O) groups excluding carboxylic acids is 1. The molecule has 112 valence electrons. The van der Waals surface area contributed by atoms with E-state index in [2.05, 4.69) is 6.07 Å². The summed E-state index contributed by atoms with van der Waals surface area (Å²) in [5.41, 5.74) is 6.88. The molecule has 21 heavy (non-hydrogen) atoms. The fourth-order valence-corrected chi connectivity index (χ4v) is 2.49. The van der Waals surface area contributed by atoms with Gasteiger partial charge in [-0.3, -0.25) is 0 Å². The largest absolute Gasteiger partial charge is 0.444 e. The number of nitrogens with two attached hydrogens (primary N) is 1. The van der Waals surface area contributed by atoms with Crippen LogP contribution in [0.15, 0.2) is 24.3 Å². The van der Waals surface area contributed by atoms with Gasteiger partial charge in [0.15, 0.2) is 0 Å². The van der Waals surface area contributed by atoms with E-state index in [-0.39, 0.29) is 17.9 Å². The van der Waals surface area contributed by atoms with Crippen LogP contribution in [-0.2, 0) is 4.74 Å². The van der Waals surface area contributed by atoms with Crippen molar-refractivity contribution >= 4 is 11.8 Å². The molecule has 0 aliphatic carbocycles. The molecule has 1 amide bonds. The Morgan fingerprint density at radius 1 is 1.33 bits per heavy atom. The summed E-state index contributed by atoms with van der Waals surface area (Å²) in [6.07, 6.45) is -0.360. The summed E-state index contributed by atoms with van der Waals surface area (Å²) >= 11 is 0. The molecule has 5 heteroatoms. The molecule has 0 spiro atoms. The highest BCUT2D eigenvalue weighted by Crippen LogP contribution is 2.33. The van der Waals surface area contributed by atoms with E-state index in [1.54, 1.807) is 4.90 Å². The molecule has 0 bridgehead atoms. The van der Waals surface area contributed by atoms with Gasteiger partial charge in [-0.1, -0.05) is 12.1 Å². The van der Waals surface area contributed by atoms with E-state index >= 15 is 0 Å². The average molecular weight is 287 g/mol. The number of benzene rings is 1. The second kappa shape index (κ2) is 5.65. The first-order chi connectivity index (χ1) is 9.80. The van der Waals surface area contributed by atoms with Crippen LogP contribution >= 0.6 is 0 Å². The SMILES string of the molecule is CC(C)(C)OC(=O)N1C[C@@H](C#N)[C@H](c2ccc(N)cc2)C1. The molecule has 1 heterocycles. The zero-order valence-electron chi connectivity index (χ0n) is 12.7. The molecule has 1 aromatic rings. The van der Waals surface area contributed by atoms with Gasteiger partial charge in [0.2, 0.25) is 0 Å². The Labute approximate surface area is 125 Å². The first kappa shape index (κ1) is 15.2. The van der Waals surface area contributed by atoms with Crippen LogP contribution in [0.1, 0.15) is 32.3 Å². The van der Waals surface area contributed by atoms with Crippen LogP contribution in [0.5, 0.6) is 0 Å². The van der Waals surface area contributed by atoms with Crippen molar-refractivity contribution in [1.82, 2.24) is 4.90 Å². The summed E-state index contributed by atoms with van der Waals surface area (Å²) in [7, 11) is 0. The number of anilines is 1. The van der Waals surface area contributed by atoms with E-state index in [0.717, 1.165) is 5.56 Å². The number of carbonyl (C=O) groups is 1. The number of nitrogens with zero attached hydrogens (tertiary/aromatic N) is 2. The summed E-state index contributed by atoms with van der Waals surface area (Å²) in [5.74, 6) is -0.218. The third-order valence-electron chi connectivity index (χ3n) is 3.50. The first-order valence-corrected chi connectivity index (χ1v) is 7.03. The molecule has 1 aromatic carbocycles. The fourth-order valence-electron chi connectivity index (χ4n) is 2.49. The van der Waals surface area contributed by atoms with Crippen molar-refractivity contribution in [3.63, 3.8) is 0 Å². The Morgan fingerprint density at radius 3 is 2.48 bits per heavy atom. The van der Waals surface area contributed by atoms with Crippen molar-refractivity contribution in [2.75, 3.05) is 18.8 Å². The lowest BCUT2D eigenvalue weighted by Gasteiger charge is -2.24. The van der Waals surface area contributed by atoms with Gasteiger partial charge in [0.1, 0.15) is 5.60 Å². The first-order valence-electron chi connectivity index (χ1n) is 7.03. The van der Waals surface area contributed by atoms with Gasteiger partial charge in [0.05, 0.1) is 12.0 Å². The minimum atomic E-state index is -0.529. The predicted molar refractivity (Wildman–Crippen MR) is 80.5 cm³/mol. The maximum Gasteiger partial charge on any atom is 0.410 e. The van der Waals surface area contributed by atoms with Crippen LogP contribution in [0.4, 0.5) is 10.5 Å². The third-order valence-corrected chi connectivity index (χ3v) is 3.50. The summed E-state index contributed by atoms with van der Waals surface area (Å²) < 4.78 is 5.38. The maximum absolute atomic E-state index is 12.1. The Hall–Kier alpha value is -2.22. The molecule has 0 saturated carbocycles. The number of likely N-dealkylation sites (tertiary alicyclic amines) is 1. The lowest BCUT2D eigenvalue weighted by molar-refractivity contribution is 0.0289. The summed E-state index contributed by atoms with van der Waals surface area (Å²) in [6, 6.07) is 9.77. The van der Waals surface area contributed by atoms with E-state index in [1.807, 2.05) is 45.0 Å². The van der Waals surface area contributed by atoms with E-state index in [9.17, 15) is 10.1 Å². The Balaban J connectivity index is 2.13. The number of amides is 1. The highest BCUT2D eigenvalue weighted by atomic mass is 16.6. The second-order valence-corrected chi connectivity index (χ2v) is 6.39. The van der Waals surface area contributed by atoms with Gasteiger partial charge >= 0.3 is 6.09 Å². The average Bonchev–Trinajstić information content (AvgIpc) is 2.82. The van der Waals surface area contributed by atoms with E-state index in [4.69, 9.17) is 10.5 Å². The van der Waals surface area contributed by atoms with Gasteiger partial charge in [-0.25, -0.2) is 4.79 Å². The number of nitrogen functional groups attached to an aromatic ring is 1. The summed E-state index contributed by atoms with van der Waals surface area (Å²) in [4.78, 5) is 13.7. The standard InChI is InChI=1S/C16H21N3O2/c1-16(2,3)21-15(20)19-9-12(8-17)14(10-19)11-4-6-13(18)7-5-11/h4-7,12,14H,9-10,18H2,1-3H3/t12-,14+/m1/s1. The molecule has 0 aromatic heterocycles. The topological polar surface area (TPSA) is 79.3 Å². The lowest BCUT2D eigenvalue weighted by atomic mass is 9.90. The van der Waals surface area contributed by atoms with Gasteiger partial charge in [-0.2, -0.15) is 5.26 Å². The molecule has 1 aliphatic heterocycles. The van der Waals surface area contributed by atoms with Gasteiger partial charge in [-0.05, 0) is 38.5 Å². The van der Waals surface area contributed by atoms with Gasteiger partial charge < -0.3 is 15.4 Å². The zero-order chi connectivity index (χ0) is 15.6. The van der Waals surface area contributed by atoms with Crippen LogP contribution in [0.2, 0.25) is 0 Å². The number of nitriles is 1. The quantitative estimate of drug-likeness (QED) is 0.805. The van der Waals surface area contributed by atoms with E-state index in [1.165, 1.54) is 0 Å². The normalized spacial score (nSPS) is 21.9. The van der Waals surface area contributed by atoms with Gasteiger partial charge in [-0.15, -0.1) is 0 Å². The van der Waals surface area contributed by atoms with Crippen LogP contribution in [0.25, 0.3) is 0 Å². The molecule has 1 saturated heterocycles. The van der Waals surface area contributed by atoms with Crippen molar-refractivity contribution in [3.8, 4) is 6.07 Å². The molecular weight excluding hydrogens is 266 g/mol. The van der Waals surface area contributed by atoms with Crippen molar-refractivity contribution < 1.29 is 9.53 Å². The monoisotopic (exact) mass is 287 g/mol. The Kier molecular flexibility index (Phi) is 4.08. The van der Waals surface area contributed by atoms with E-state index in [0.29, 0.717) is 18.8 Å². The fraction of sp³-hybridized carbons (Fsp3) is 0.500. The highest BCUT2D eigenvalue weighted by Gasteiger charge is 2.38. The van der Waals surface area contributed by atoms with Crippen molar-refractivity contribution in [3.05, 3.63) is 29.8 Å². The van der Waals surface area contributed by atoms with Crippen LogP contribution in [0, 0.1) is 17.2 Å². The Morgan fingerprint density at radius 2 is 1.95 bits per heavy atom.